The minimum atomic E-state index is -0.570. The molecule has 0 aromatic heterocycles. The standard InChI is InChI=1S/C19H21BrO3/c1-2-3-4-5-8-17(15-10-12-16(20)13-11-15)23-19(21)18-9-6-7-14-22-18/h9-13,17H,2-4,6-7,14H2,1H3. The molecule has 0 spiro atoms. The number of rotatable bonds is 5. The highest BCUT2D eigenvalue weighted by molar-refractivity contribution is 9.10. The van der Waals surface area contributed by atoms with E-state index < -0.39 is 12.1 Å². The van der Waals surface area contributed by atoms with Crippen molar-refractivity contribution >= 4 is 21.9 Å². The van der Waals surface area contributed by atoms with Gasteiger partial charge in [-0.25, -0.2) is 4.79 Å². The molecule has 0 saturated heterocycles. The number of esters is 1. The van der Waals surface area contributed by atoms with Crippen LogP contribution in [0.5, 0.6) is 0 Å². The molecule has 0 saturated carbocycles. The van der Waals surface area contributed by atoms with Crippen molar-refractivity contribution < 1.29 is 14.3 Å². The summed E-state index contributed by atoms with van der Waals surface area (Å²) < 4.78 is 11.9. The number of carbonyl (C=O) groups excluding carboxylic acids is 1. The number of benzene rings is 1. The van der Waals surface area contributed by atoms with Gasteiger partial charge < -0.3 is 9.47 Å². The van der Waals surface area contributed by atoms with Gasteiger partial charge in [-0.05, 0) is 37.5 Å². The first-order valence-corrected chi connectivity index (χ1v) is 8.78. The van der Waals surface area contributed by atoms with Crippen LogP contribution in [-0.2, 0) is 14.3 Å². The molecule has 23 heavy (non-hydrogen) atoms. The smallest absolute Gasteiger partial charge is 0.374 e. The SMILES string of the molecule is CCCCC#CC(OC(=O)C1=CCCCO1)c1ccc(Br)cc1. The normalized spacial score (nSPS) is 14.8. The summed E-state index contributed by atoms with van der Waals surface area (Å²) in [6, 6.07) is 7.65. The molecule has 0 amide bonds. The van der Waals surface area contributed by atoms with Gasteiger partial charge in [0, 0.05) is 16.5 Å². The van der Waals surface area contributed by atoms with Crippen LogP contribution in [0.3, 0.4) is 0 Å². The molecular weight excluding hydrogens is 356 g/mol. The van der Waals surface area contributed by atoms with Gasteiger partial charge in [0.15, 0.2) is 6.10 Å². The average molecular weight is 377 g/mol. The Balaban J connectivity index is 2.11. The zero-order valence-corrected chi connectivity index (χ0v) is 14.9. The van der Waals surface area contributed by atoms with E-state index in [1.165, 1.54) is 0 Å². The van der Waals surface area contributed by atoms with Gasteiger partial charge >= 0.3 is 5.97 Å². The summed E-state index contributed by atoms with van der Waals surface area (Å²) >= 11 is 3.41. The number of halogens is 1. The molecule has 1 aliphatic rings. The first kappa shape index (κ1) is 17.6. The summed E-state index contributed by atoms with van der Waals surface area (Å²) in [6.45, 7) is 2.69. The Labute approximate surface area is 146 Å². The van der Waals surface area contributed by atoms with Gasteiger partial charge in [0.05, 0.1) is 6.61 Å². The van der Waals surface area contributed by atoms with Crippen molar-refractivity contribution in [3.05, 3.63) is 46.1 Å². The van der Waals surface area contributed by atoms with Crippen molar-refractivity contribution in [1.29, 1.82) is 0 Å². The molecular formula is C19H21BrO3. The third-order valence-electron chi connectivity index (χ3n) is 3.42. The lowest BCUT2D eigenvalue weighted by atomic mass is 10.1. The van der Waals surface area contributed by atoms with Crippen molar-refractivity contribution in [3.63, 3.8) is 0 Å². The fourth-order valence-corrected chi connectivity index (χ4v) is 2.38. The van der Waals surface area contributed by atoms with Crippen molar-refractivity contribution in [2.24, 2.45) is 0 Å². The fourth-order valence-electron chi connectivity index (χ4n) is 2.11. The molecule has 0 radical (unpaired) electrons. The van der Waals surface area contributed by atoms with E-state index in [4.69, 9.17) is 9.47 Å². The number of hydrogen-bond acceptors (Lipinski definition) is 3. The van der Waals surface area contributed by atoms with E-state index in [2.05, 4.69) is 34.7 Å². The Hall–Kier alpha value is -1.73. The molecule has 1 unspecified atom stereocenters. The number of ether oxygens (including phenoxy) is 2. The van der Waals surface area contributed by atoms with Crippen LogP contribution in [0.25, 0.3) is 0 Å². The highest BCUT2D eigenvalue weighted by Gasteiger charge is 2.20. The molecule has 1 aromatic carbocycles. The largest absolute Gasteiger partial charge is 0.487 e. The lowest BCUT2D eigenvalue weighted by Crippen LogP contribution is -2.16. The van der Waals surface area contributed by atoms with Crippen molar-refractivity contribution in [3.8, 4) is 11.8 Å². The minimum absolute atomic E-state index is 0.300. The quantitative estimate of drug-likeness (QED) is 0.415. The summed E-state index contributed by atoms with van der Waals surface area (Å²) in [5.74, 6) is 6.04. The Morgan fingerprint density at radius 2 is 2.17 bits per heavy atom. The Morgan fingerprint density at radius 3 is 2.83 bits per heavy atom. The van der Waals surface area contributed by atoms with Crippen LogP contribution < -0.4 is 0 Å². The number of allylic oxidation sites excluding steroid dienone is 1. The lowest BCUT2D eigenvalue weighted by Gasteiger charge is -2.17. The summed E-state index contributed by atoms with van der Waals surface area (Å²) in [7, 11) is 0. The molecule has 1 aromatic rings. The summed E-state index contributed by atoms with van der Waals surface area (Å²) in [5.41, 5.74) is 0.863. The highest BCUT2D eigenvalue weighted by Crippen LogP contribution is 2.22. The Morgan fingerprint density at radius 1 is 1.39 bits per heavy atom. The van der Waals surface area contributed by atoms with Gasteiger partial charge in [-0.2, -0.15) is 0 Å². The number of unbranched alkanes of at least 4 members (excludes halogenated alkanes) is 2. The first-order valence-electron chi connectivity index (χ1n) is 7.98. The molecule has 0 fully saturated rings. The highest BCUT2D eigenvalue weighted by atomic mass is 79.9. The molecule has 1 aliphatic heterocycles. The maximum Gasteiger partial charge on any atom is 0.374 e. The molecule has 3 nitrogen and oxygen atoms in total. The molecule has 1 atom stereocenters. The van der Waals surface area contributed by atoms with Crippen LogP contribution in [0.1, 0.15) is 50.7 Å². The molecule has 0 bridgehead atoms. The van der Waals surface area contributed by atoms with Gasteiger partial charge in [0.25, 0.3) is 0 Å². The van der Waals surface area contributed by atoms with Crippen LogP contribution in [0.2, 0.25) is 0 Å². The van der Waals surface area contributed by atoms with Crippen molar-refractivity contribution in [1.82, 2.24) is 0 Å². The number of carbonyl (C=O) groups is 1. The molecule has 0 N–H and O–H groups in total. The second-order valence-electron chi connectivity index (χ2n) is 5.32. The van der Waals surface area contributed by atoms with E-state index in [1.807, 2.05) is 24.3 Å². The third kappa shape index (κ3) is 5.76. The van der Waals surface area contributed by atoms with Crippen molar-refractivity contribution in [2.75, 3.05) is 6.61 Å². The van der Waals surface area contributed by atoms with E-state index in [9.17, 15) is 4.79 Å². The zero-order valence-electron chi connectivity index (χ0n) is 13.3. The second-order valence-corrected chi connectivity index (χ2v) is 6.24. The Kier molecular flexibility index (Phi) is 7.22. The van der Waals surface area contributed by atoms with E-state index in [-0.39, 0.29) is 0 Å². The molecule has 122 valence electrons. The zero-order chi connectivity index (χ0) is 16.5. The van der Waals surface area contributed by atoms with Crippen LogP contribution in [0.4, 0.5) is 0 Å². The Bertz CT molecular complexity index is 608. The predicted octanol–water partition coefficient (Wildman–Crippen LogP) is 4.92. The van der Waals surface area contributed by atoms with Gasteiger partial charge in [-0.3, -0.25) is 0 Å². The van der Waals surface area contributed by atoms with Gasteiger partial charge in [0.1, 0.15) is 0 Å². The van der Waals surface area contributed by atoms with E-state index in [1.54, 1.807) is 6.08 Å². The second kappa shape index (κ2) is 9.42. The number of hydrogen-bond donors (Lipinski definition) is 0. The molecule has 4 heteroatoms. The summed E-state index contributed by atoms with van der Waals surface area (Å²) in [4.78, 5) is 12.2. The lowest BCUT2D eigenvalue weighted by molar-refractivity contribution is -0.146. The predicted molar refractivity (Wildman–Crippen MR) is 93.5 cm³/mol. The summed E-state index contributed by atoms with van der Waals surface area (Å²) in [5, 5.41) is 0. The molecule has 1 heterocycles. The average Bonchev–Trinajstić information content (AvgIpc) is 2.59. The molecule has 2 rings (SSSR count). The van der Waals surface area contributed by atoms with E-state index in [0.29, 0.717) is 12.4 Å². The third-order valence-corrected chi connectivity index (χ3v) is 3.95. The van der Waals surface area contributed by atoms with Crippen LogP contribution in [0, 0.1) is 11.8 Å². The minimum Gasteiger partial charge on any atom is -0.487 e. The molecule has 0 aliphatic carbocycles. The van der Waals surface area contributed by atoms with Crippen molar-refractivity contribution in [2.45, 2.75) is 45.1 Å². The van der Waals surface area contributed by atoms with Crippen LogP contribution >= 0.6 is 15.9 Å². The van der Waals surface area contributed by atoms with Gasteiger partial charge in [0.2, 0.25) is 5.76 Å². The first-order chi connectivity index (χ1) is 11.2. The van der Waals surface area contributed by atoms with E-state index >= 15 is 0 Å². The van der Waals surface area contributed by atoms with Gasteiger partial charge in [-0.1, -0.05) is 53.2 Å². The summed E-state index contributed by atoms with van der Waals surface area (Å²) in [6.07, 6.45) is 5.94. The van der Waals surface area contributed by atoms with Crippen LogP contribution in [-0.4, -0.2) is 12.6 Å². The van der Waals surface area contributed by atoms with Gasteiger partial charge in [-0.15, -0.1) is 0 Å². The fraction of sp³-hybridized carbons (Fsp3) is 0.421. The topological polar surface area (TPSA) is 35.5 Å². The maximum absolute atomic E-state index is 12.2. The monoisotopic (exact) mass is 376 g/mol. The maximum atomic E-state index is 12.2. The van der Waals surface area contributed by atoms with E-state index in [0.717, 1.165) is 42.1 Å². The van der Waals surface area contributed by atoms with Crippen LogP contribution in [0.15, 0.2) is 40.6 Å².